The minimum Gasteiger partial charge on any atom is -0.480 e. The van der Waals surface area contributed by atoms with E-state index >= 15 is 0 Å². The number of benzene rings is 1. The van der Waals surface area contributed by atoms with Gasteiger partial charge in [-0.25, -0.2) is 0 Å². The van der Waals surface area contributed by atoms with Crippen molar-refractivity contribution in [2.45, 2.75) is 59.3 Å². The molecule has 0 aromatic heterocycles. The third-order valence-corrected chi connectivity index (χ3v) is 5.60. The number of rotatable bonds is 14. The third kappa shape index (κ3) is 8.51. The molecule has 0 bridgehead atoms. The zero-order valence-electron chi connectivity index (χ0n) is 14.9. The Morgan fingerprint density at radius 1 is 0.739 bits per heavy atom. The molecule has 0 fully saturated rings. The Morgan fingerprint density at radius 2 is 1.30 bits per heavy atom. The van der Waals surface area contributed by atoms with E-state index < -0.39 is 9.05 Å². The van der Waals surface area contributed by atoms with E-state index in [1.807, 2.05) is 37.3 Å². The van der Waals surface area contributed by atoms with Crippen LogP contribution in [-0.2, 0) is 13.3 Å². The highest BCUT2D eigenvalue weighted by Crippen LogP contribution is 2.20. The van der Waals surface area contributed by atoms with Gasteiger partial charge in [0.1, 0.15) is 5.75 Å². The molecule has 0 amide bonds. The van der Waals surface area contributed by atoms with Gasteiger partial charge in [0.15, 0.2) is 0 Å². The second-order valence-corrected chi connectivity index (χ2v) is 7.53. The van der Waals surface area contributed by atoms with Crippen molar-refractivity contribution in [3.05, 3.63) is 30.3 Å². The van der Waals surface area contributed by atoms with Crippen molar-refractivity contribution in [2.75, 3.05) is 19.8 Å². The molecule has 0 N–H and O–H groups in total. The van der Waals surface area contributed by atoms with E-state index in [2.05, 4.69) is 13.8 Å². The van der Waals surface area contributed by atoms with Crippen molar-refractivity contribution in [3.63, 3.8) is 0 Å². The SMILES string of the molecule is CCCCCO[Si](OCC)(OCCCCC)Oc1ccccc1. The molecule has 4 nitrogen and oxygen atoms in total. The fourth-order valence-corrected chi connectivity index (χ4v) is 4.12. The topological polar surface area (TPSA) is 36.9 Å². The molecule has 5 heteroatoms. The molecule has 0 atom stereocenters. The molecule has 0 saturated carbocycles. The Balaban J connectivity index is 2.70. The van der Waals surface area contributed by atoms with Crippen molar-refractivity contribution in [1.82, 2.24) is 0 Å². The van der Waals surface area contributed by atoms with Crippen molar-refractivity contribution in [1.29, 1.82) is 0 Å². The van der Waals surface area contributed by atoms with Gasteiger partial charge < -0.3 is 17.7 Å². The van der Waals surface area contributed by atoms with Crippen molar-refractivity contribution < 1.29 is 17.7 Å². The number of hydrogen-bond acceptors (Lipinski definition) is 4. The maximum absolute atomic E-state index is 6.08. The summed E-state index contributed by atoms with van der Waals surface area (Å²) >= 11 is 0. The van der Waals surface area contributed by atoms with Gasteiger partial charge in [0.25, 0.3) is 0 Å². The summed E-state index contributed by atoms with van der Waals surface area (Å²) in [5, 5.41) is 0. The molecule has 132 valence electrons. The average Bonchev–Trinajstić information content (AvgIpc) is 2.57. The van der Waals surface area contributed by atoms with Gasteiger partial charge >= 0.3 is 9.05 Å². The van der Waals surface area contributed by atoms with E-state index in [-0.39, 0.29) is 0 Å². The molecule has 0 spiro atoms. The van der Waals surface area contributed by atoms with E-state index in [0.29, 0.717) is 19.8 Å². The van der Waals surface area contributed by atoms with Crippen molar-refractivity contribution in [3.8, 4) is 5.75 Å². The van der Waals surface area contributed by atoms with Crippen LogP contribution in [0.1, 0.15) is 59.3 Å². The lowest BCUT2D eigenvalue weighted by Crippen LogP contribution is -2.52. The van der Waals surface area contributed by atoms with Gasteiger partial charge in [-0.15, -0.1) is 0 Å². The predicted octanol–water partition coefficient (Wildman–Crippen LogP) is 4.95. The maximum atomic E-state index is 6.08. The summed E-state index contributed by atoms with van der Waals surface area (Å²) < 4.78 is 24.0. The summed E-state index contributed by atoms with van der Waals surface area (Å²) in [7, 11) is -3.14. The monoisotopic (exact) mass is 340 g/mol. The zero-order chi connectivity index (χ0) is 16.8. The Kier molecular flexibility index (Phi) is 11.0. The summed E-state index contributed by atoms with van der Waals surface area (Å²) in [5.74, 6) is 0.735. The zero-order valence-corrected chi connectivity index (χ0v) is 15.9. The van der Waals surface area contributed by atoms with Gasteiger partial charge in [0, 0.05) is 19.8 Å². The normalized spacial score (nSPS) is 11.6. The molecule has 0 radical (unpaired) electrons. The molecule has 23 heavy (non-hydrogen) atoms. The lowest BCUT2D eigenvalue weighted by atomic mass is 10.3. The van der Waals surface area contributed by atoms with Crippen LogP contribution in [0.2, 0.25) is 0 Å². The smallest absolute Gasteiger partial charge is 0.480 e. The highest BCUT2D eigenvalue weighted by atomic mass is 28.4. The Bertz CT molecular complexity index is 374. The Labute approximate surface area is 142 Å². The van der Waals surface area contributed by atoms with Gasteiger partial charge in [-0.05, 0) is 31.9 Å². The molecule has 1 aromatic carbocycles. The fourth-order valence-electron chi connectivity index (χ4n) is 2.12. The lowest BCUT2D eigenvalue weighted by molar-refractivity contribution is 0.00159. The van der Waals surface area contributed by atoms with Crippen molar-refractivity contribution in [2.24, 2.45) is 0 Å². The highest BCUT2D eigenvalue weighted by Gasteiger charge is 2.48. The molecule has 0 saturated heterocycles. The number of hydrogen-bond donors (Lipinski definition) is 0. The molecule has 0 aliphatic heterocycles. The second kappa shape index (κ2) is 12.5. The van der Waals surface area contributed by atoms with Crippen LogP contribution in [0.3, 0.4) is 0 Å². The molecule has 1 aromatic rings. The minimum absolute atomic E-state index is 0.514. The lowest BCUT2D eigenvalue weighted by Gasteiger charge is -2.28. The molecule has 0 unspecified atom stereocenters. The summed E-state index contributed by atoms with van der Waals surface area (Å²) in [6.07, 6.45) is 6.58. The van der Waals surface area contributed by atoms with E-state index in [1.165, 1.54) is 0 Å². The summed E-state index contributed by atoms with van der Waals surface area (Å²) in [6.45, 7) is 8.03. The molecule has 0 aliphatic carbocycles. The first-order valence-corrected chi connectivity index (χ1v) is 10.6. The summed E-state index contributed by atoms with van der Waals surface area (Å²) in [6, 6.07) is 9.65. The van der Waals surface area contributed by atoms with Crippen LogP contribution in [0.4, 0.5) is 0 Å². The van der Waals surface area contributed by atoms with Gasteiger partial charge in [0.2, 0.25) is 0 Å². The molecule has 0 aliphatic rings. The highest BCUT2D eigenvalue weighted by molar-refractivity contribution is 6.54. The Hall–Kier alpha value is -0.883. The minimum atomic E-state index is -3.14. The second-order valence-electron chi connectivity index (χ2n) is 5.46. The van der Waals surface area contributed by atoms with Crippen molar-refractivity contribution >= 4 is 9.05 Å². The number of unbranched alkanes of at least 4 members (excludes halogenated alkanes) is 4. The van der Waals surface area contributed by atoms with Crippen LogP contribution in [0.5, 0.6) is 5.75 Å². The summed E-state index contributed by atoms with van der Waals surface area (Å²) in [5.41, 5.74) is 0. The van der Waals surface area contributed by atoms with Crippen LogP contribution in [0.25, 0.3) is 0 Å². The third-order valence-electron chi connectivity index (χ3n) is 3.36. The average molecular weight is 341 g/mol. The quantitative estimate of drug-likeness (QED) is 0.355. The largest absolute Gasteiger partial charge is 0.749 e. The predicted molar refractivity (Wildman–Crippen MR) is 95.4 cm³/mol. The molecule has 1 rings (SSSR count). The Morgan fingerprint density at radius 3 is 1.78 bits per heavy atom. The first-order valence-electron chi connectivity index (χ1n) is 8.92. The van der Waals surface area contributed by atoms with E-state index in [9.17, 15) is 0 Å². The van der Waals surface area contributed by atoms with Gasteiger partial charge in [-0.3, -0.25) is 0 Å². The molecular formula is C18H32O4Si. The first kappa shape index (κ1) is 20.2. The van der Waals surface area contributed by atoms with Crippen LogP contribution in [-0.4, -0.2) is 28.9 Å². The standard InChI is InChI=1S/C18H32O4Si/c1-4-7-12-16-20-23(19-6-3,21-17-13-8-5-2)22-18-14-10-9-11-15-18/h9-11,14-15H,4-8,12-13,16-17H2,1-3H3. The van der Waals surface area contributed by atoms with Crippen LogP contribution in [0.15, 0.2) is 30.3 Å². The summed E-state index contributed by atoms with van der Waals surface area (Å²) in [4.78, 5) is 0. The van der Waals surface area contributed by atoms with Crippen LogP contribution in [0, 0.1) is 0 Å². The van der Waals surface area contributed by atoms with E-state index in [0.717, 1.165) is 44.3 Å². The van der Waals surface area contributed by atoms with E-state index in [4.69, 9.17) is 17.7 Å². The van der Waals surface area contributed by atoms with E-state index in [1.54, 1.807) is 0 Å². The first-order chi connectivity index (χ1) is 11.3. The van der Waals surface area contributed by atoms with Gasteiger partial charge in [-0.2, -0.15) is 0 Å². The van der Waals surface area contributed by atoms with Gasteiger partial charge in [0.05, 0.1) is 0 Å². The molecule has 0 heterocycles. The van der Waals surface area contributed by atoms with Crippen LogP contribution < -0.4 is 4.43 Å². The van der Waals surface area contributed by atoms with Gasteiger partial charge in [-0.1, -0.05) is 57.7 Å². The number of para-hydroxylation sites is 1. The fraction of sp³-hybridized carbons (Fsp3) is 0.667. The molecular weight excluding hydrogens is 308 g/mol. The van der Waals surface area contributed by atoms with Crippen LogP contribution >= 0.6 is 0 Å². The maximum Gasteiger partial charge on any atom is 0.749 e.